The molecule has 1 atom stereocenters. The first-order valence-electron chi connectivity index (χ1n) is 6.04. The van der Waals surface area contributed by atoms with Crippen molar-refractivity contribution in [1.82, 2.24) is 4.90 Å². The molecule has 3 nitrogen and oxygen atoms in total. The van der Waals surface area contributed by atoms with E-state index in [4.69, 9.17) is 0 Å². The monoisotopic (exact) mass is 347 g/mol. The molecule has 0 bridgehead atoms. The van der Waals surface area contributed by atoms with Crippen LogP contribution < -0.4 is 0 Å². The molecule has 1 aliphatic heterocycles. The molecule has 1 amide bonds. The molecule has 1 N–H and O–H groups in total. The molecule has 1 fully saturated rings. The molecule has 2 rings (SSSR count). The maximum atomic E-state index is 13.6. The molecule has 0 radical (unpaired) electrons. The van der Waals surface area contributed by atoms with Crippen molar-refractivity contribution in [2.45, 2.75) is 18.3 Å². The van der Waals surface area contributed by atoms with Gasteiger partial charge >= 0.3 is 0 Å². The zero-order chi connectivity index (χ0) is 13.8. The van der Waals surface area contributed by atoms with Gasteiger partial charge in [0.25, 0.3) is 0 Å². The first-order valence-corrected chi connectivity index (χ1v) is 7.98. The quantitative estimate of drug-likeness (QED) is 0.909. The highest BCUT2D eigenvalue weighted by molar-refractivity contribution is 9.10. The Hall–Kier alpha value is -0.590. The van der Waals surface area contributed by atoms with Crippen molar-refractivity contribution in [3.05, 3.63) is 34.1 Å². The van der Waals surface area contributed by atoms with E-state index in [-0.39, 0.29) is 11.7 Å². The fraction of sp³-hybridized carbons (Fsp3) is 0.462. The number of hydrogen-bond acceptors (Lipinski definition) is 3. The van der Waals surface area contributed by atoms with Crippen LogP contribution in [0.3, 0.4) is 0 Å². The van der Waals surface area contributed by atoms with E-state index in [2.05, 4.69) is 15.9 Å². The minimum atomic E-state index is -0.391. The number of aliphatic hydroxyl groups excluding tert-OH is 1. The number of amides is 1. The van der Waals surface area contributed by atoms with Gasteiger partial charge in [0.1, 0.15) is 5.82 Å². The van der Waals surface area contributed by atoms with E-state index in [0.29, 0.717) is 41.1 Å². The highest BCUT2D eigenvalue weighted by Gasteiger charge is 2.24. The first-order chi connectivity index (χ1) is 9.06. The van der Waals surface area contributed by atoms with Crippen molar-refractivity contribution in [2.75, 3.05) is 18.8 Å². The summed E-state index contributed by atoms with van der Waals surface area (Å²) in [7, 11) is 0. The van der Waals surface area contributed by atoms with Crippen molar-refractivity contribution in [1.29, 1.82) is 0 Å². The molecule has 104 valence electrons. The number of carbonyl (C=O) groups is 1. The smallest absolute Gasteiger partial charge is 0.232 e. The number of halogens is 2. The van der Waals surface area contributed by atoms with E-state index < -0.39 is 6.10 Å². The Labute approximate surface area is 124 Å². The van der Waals surface area contributed by atoms with Gasteiger partial charge in [-0.05, 0) is 24.1 Å². The van der Waals surface area contributed by atoms with Gasteiger partial charge in [-0.3, -0.25) is 4.79 Å². The zero-order valence-corrected chi connectivity index (χ0v) is 12.7. The number of rotatable bonds is 4. The number of hydrogen-bond donors (Lipinski definition) is 1. The molecular weight excluding hydrogens is 333 g/mol. The Balaban J connectivity index is 1.78. The lowest BCUT2D eigenvalue weighted by Crippen LogP contribution is -2.31. The second-order valence-electron chi connectivity index (χ2n) is 4.51. The second-order valence-corrected chi connectivity index (χ2v) is 6.41. The summed E-state index contributed by atoms with van der Waals surface area (Å²) in [5.74, 6) is 0.550. The average molecular weight is 348 g/mol. The average Bonchev–Trinajstić information content (AvgIpc) is 2.78. The van der Waals surface area contributed by atoms with Crippen LogP contribution in [0.2, 0.25) is 0 Å². The number of thioether (sulfide) groups is 1. The molecule has 0 saturated carbocycles. The summed E-state index contributed by atoms with van der Waals surface area (Å²) >= 11 is 4.60. The van der Waals surface area contributed by atoms with Gasteiger partial charge in [0.05, 0.1) is 11.9 Å². The Morgan fingerprint density at radius 3 is 3.00 bits per heavy atom. The van der Waals surface area contributed by atoms with Crippen molar-refractivity contribution >= 4 is 33.6 Å². The van der Waals surface area contributed by atoms with E-state index >= 15 is 0 Å². The molecule has 1 heterocycles. The van der Waals surface area contributed by atoms with Crippen molar-refractivity contribution in [2.24, 2.45) is 0 Å². The van der Waals surface area contributed by atoms with Crippen LogP contribution in [0.1, 0.15) is 12.0 Å². The molecule has 1 saturated heterocycles. The predicted octanol–water partition coefficient (Wildman–Crippen LogP) is 2.41. The summed E-state index contributed by atoms with van der Waals surface area (Å²) in [4.78, 5) is 13.5. The normalized spacial score (nSPS) is 18.9. The van der Waals surface area contributed by atoms with Crippen LogP contribution in [-0.2, 0) is 10.5 Å². The number of nitrogens with zero attached hydrogens (tertiary/aromatic N) is 1. The lowest BCUT2D eigenvalue weighted by atomic mass is 10.2. The van der Waals surface area contributed by atoms with E-state index in [1.807, 2.05) is 0 Å². The minimum absolute atomic E-state index is 0.0130. The third kappa shape index (κ3) is 4.19. The Morgan fingerprint density at radius 2 is 2.37 bits per heavy atom. The fourth-order valence-corrected chi connectivity index (χ4v) is 3.19. The fourth-order valence-electron chi connectivity index (χ4n) is 1.95. The van der Waals surface area contributed by atoms with Crippen LogP contribution in [0.4, 0.5) is 4.39 Å². The van der Waals surface area contributed by atoms with Crippen molar-refractivity contribution in [3.8, 4) is 0 Å². The highest BCUT2D eigenvalue weighted by atomic mass is 79.9. The van der Waals surface area contributed by atoms with Gasteiger partial charge in [-0.25, -0.2) is 4.39 Å². The van der Waals surface area contributed by atoms with Crippen LogP contribution in [0, 0.1) is 5.82 Å². The van der Waals surface area contributed by atoms with Gasteiger partial charge in [0.2, 0.25) is 5.91 Å². The molecule has 0 unspecified atom stereocenters. The molecule has 6 heteroatoms. The van der Waals surface area contributed by atoms with Crippen LogP contribution in [-0.4, -0.2) is 40.9 Å². The topological polar surface area (TPSA) is 40.5 Å². The summed E-state index contributed by atoms with van der Waals surface area (Å²) < 4.78 is 14.3. The van der Waals surface area contributed by atoms with Crippen LogP contribution in [0.5, 0.6) is 0 Å². The summed E-state index contributed by atoms with van der Waals surface area (Å²) in [6.45, 7) is 1.04. The van der Waals surface area contributed by atoms with Crippen molar-refractivity contribution < 1.29 is 14.3 Å². The Kier molecular flexibility index (Phi) is 5.24. The van der Waals surface area contributed by atoms with Gasteiger partial charge in [-0.2, -0.15) is 0 Å². The zero-order valence-electron chi connectivity index (χ0n) is 10.3. The number of aliphatic hydroxyl groups is 1. The summed E-state index contributed by atoms with van der Waals surface area (Å²) in [5.41, 5.74) is 0.599. The standard InChI is InChI=1S/C13H15BrFNO2S/c14-10-2-1-9(12(15)5-10)7-19-8-13(18)16-4-3-11(17)6-16/h1-2,5,11,17H,3-4,6-8H2/t11-/m1/s1. The molecular formula is C13H15BrFNO2S. The molecule has 1 aliphatic rings. The van der Waals surface area contributed by atoms with Crippen LogP contribution in [0.15, 0.2) is 22.7 Å². The summed E-state index contributed by atoms with van der Waals surface area (Å²) in [6, 6.07) is 4.93. The maximum Gasteiger partial charge on any atom is 0.232 e. The molecule has 1 aromatic rings. The minimum Gasteiger partial charge on any atom is -0.391 e. The Bertz CT molecular complexity index is 472. The third-order valence-electron chi connectivity index (χ3n) is 3.01. The number of likely N-dealkylation sites (tertiary alicyclic amines) is 1. The largest absolute Gasteiger partial charge is 0.391 e. The van der Waals surface area contributed by atoms with Gasteiger partial charge in [-0.15, -0.1) is 11.8 Å². The molecule has 19 heavy (non-hydrogen) atoms. The Morgan fingerprint density at radius 1 is 1.58 bits per heavy atom. The summed E-state index contributed by atoms with van der Waals surface area (Å²) in [5, 5.41) is 9.36. The second kappa shape index (κ2) is 6.72. The van der Waals surface area contributed by atoms with E-state index in [9.17, 15) is 14.3 Å². The number of β-amino-alcohol motifs (C(OH)–C–C–N with tert-alkyl or cyclic N) is 1. The number of benzene rings is 1. The maximum absolute atomic E-state index is 13.6. The highest BCUT2D eigenvalue weighted by Crippen LogP contribution is 2.20. The first kappa shape index (κ1) is 14.8. The lowest BCUT2D eigenvalue weighted by molar-refractivity contribution is -0.127. The van der Waals surface area contributed by atoms with E-state index in [1.54, 1.807) is 17.0 Å². The van der Waals surface area contributed by atoms with Crippen LogP contribution >= 0.6 is 27.7 Å². The predicted molar refractivity (Wildman–Crippen MR) is 77.5 cm³/mol. The van der Waals surface area contributed by atoms with Crippen LogP contribution in [0.25, 0.3) is 0 Å². The van der Waals surface area contributed by atoms with Crippen molar-refractivity contribution in [3.63, 3.8) is 0 Å². The van der Waals surface area contributed by atoms with Gasteiger partial charge in [0.15, 0.2) is 0 Å². The third-order valence-corrected chi connectivity index (χ3v) is 4.47. The van der Waals surface area contributed by atoms with Gasteiger partial charge < -0.3 is 10.0 Å². The van der Waals surface area contributed by atoms with E-state index in [0.717, 1.165) is 0 Å². The molecule has 0 spiro atoms. The molecule has 0 aromatic heterocycles. The van der Waals surface area contributed by atoms with Gasteiger partial charge in [0, 0.05) is 23.3 Å². The van der Waals surface area contributed by atoms with E-state index in [1.165, 1.54) is 17.8 Å². The summed E-state index contributed by atoms with van der Waals surface area (Å²) in [6.07, 6.45) is 0.260. The SMILES string of the molecule is O=C(CSCc1ccc(Br)cc1F)N1CC[C@@H](O)C1. The number of carbonyl (C=O) groups excluding carboxylic acids is 1. The van der Waals surface area contributed by atoms with Gasteiger partial charge in [-0.1, -0.05) is 22.0 Å². The molecule has 0 aliphatic carbocycles. The lowest BCUT2D eigenvalue weighted by Gasteiger charge is -2.15. The molecule has 1 aromatic carbocycles.